The van der Waals surface area contributed by atoms with Gasteiger partial charge in [-0.25, -0.2) is 0 Å². The number of aryl methyl sites for hydroxylation is 1. The highest BCUT2D eigenvalue weighted by Gasteiger charge is 2.20. The smallest absolute Gasteiger partial charge is 0.138 e. The van der Waals surface area contributed by atoms with Gasteiger partial charge in [0, 0.05) is 24.2 Å². The number of hydrogen-bond acceptors (Lipinski definition) is 2. The molecule has 1 aromatic rings. The Bertz CT molecular complexity index is 298. The molecule has 0 fully saturated rings. The molecule has 0 unspecified atom stereocenters. The Balaban J connectivity index is 0.00000196. The van der Waals surface area contributed by atoms with Crippen LogP contribution in [0.15, 0.2) is 24.5 Å². The second-order valence-corrected chi connectivity index (χ2v) is 4.53. The van der Waals surface area contributed by atoms with Gasteiger partial charge in [-0.2, -0.15) is 0 Å². The lowest BCUT2D eigenvalue weighted by Gasteiger charge is -2.16. The standard InChI is InChI=1S/C12H17NO.CH4/c1-12(2,3)11(14)7-6-10-5-4-8-13-9-10;/h4-5,8-9H,6-7H2,1-3H3;1H4. The van der Waals surface area contributed by atoms with Crippen LogP contribution in [0, 0.1) is 5.41 Å². The molecule has 0 saturated carbocycles. The lowest BCUT2D eigenvalue weighted by Crippen LogP contribution is -2.20. The van der Waals surface area contributed by atoms with Gasteiger partial charge in [-0.1, -0.05) is 34.3 Å². The molecule has 1 rings (SSSR count). The van der Waals surface area contributed by atoms with Gasteiger partial charge in [-0.15, -0.1) is 0 Å². The Morgan fingerprint density at radius 2 is 2.07 bits per heavy atom. The molecule has 0 aliphatic carbocycles. The number of ketones is 1. The van der Waals surface area contributed by atoms with E-state index in [0.717, 1.165) is 12.0 Å². The molecule has 2 heteroatoms. The molecule has 0 atom stereocenters. The summed E-state index contributed by atoms with van der Waals surface area (Å²) in [5.74, 6) is 0.307. The minimum atomic E-state index is -0.220. The van der Waals surface area contributed by atoms with Crippen LogP contribution in [0.3, 0.4) is 0 Å². The highest BCUT2D eigenvalue weighted by molar-refractivity contribution is 5.83. The van der Waals surface area contributed by atoms with E-state index in [1.165, 1.54) is 0 Å². The van der Waals surface area contributed by atoms with Crippen molar-refractivity contribution in [3.63, 3.8) is 0 Å². The monoisotopic (exact) mass is 207 g/mol. The normalized spacial score (nSPS) is 10.6. The Morgan fingerprint density at radius 3 is 2.53 bits per heavy atom. The van der Waals surface area contributed by atoms with Gasteiger partial charge in [-0.05, 0) is 18.1 Å². The van der Waals surface area contributed by atoms with Crippen LogP contribution in [0.4, 0.5) is 0 Å². The number of Topliss-reactive ketones (excluding diaryl/α,β-unsaturated/α-hetero) is 1. The molecule has 0 radical (unpaired) electrons. The summed E-state index contributed by atoms with van der Waals surface area (Å²) < 4.78 is 0. The summed E-state index contributed by atoms with van der Waals surface area (Å²) in [6, 6.07) is 3.90. The van der Waals surface area contributed by atoms with Crippen molar-refractivity contribution in [3.05, 3.63) is 30.1 Å². The van der Waals surface area contributed by atoms with Crippen molar-refractivity contribution in [2.24, 2.45) is 5.41 Å². The molecule has 0 amide bonds. The van der Waals surface area contributed by atoms with Gasteiger partial charge >= 0.3 is 0 Å². The topological polar surface area (TPSA) is 30.0 Å². The zero-order valence-corrected chi connectivity index (χ0v) is 9.08. The van der Waals surface area contributed by atoms with Crippen LogP contribution in [-0.2, 0) is 11.2 Å². The van der Waals surface area contributed by atoms with Gasteiger partial charge in [0.2, 0.25) is 0 Å². The van der Waals surface area contributed by atoms with Crippen LogP contribution in [0.2, 0.25) is 0 Å². The van der Waals surface area contributed by atoms with Crippen molar-refractivity contribution in [3.8, 4) is 0 Å². The van der Waals surface area contributed by atoms with Crippen LogP contribution in [0.1, 0.15) is 40.2 Å². The van der Waals surface area contributed by atoms with Crippen LogP contribution < -0.4 is 0 Å². The predicted octanol–water partition coefficient (Wildman–Crippen LogP) is 3.27. The lowest BCUT2D eigenvalue weighted by atomic mass is 9.87. The van der Waals surface area contributed by atoms with Crippen LogP contribution in [0.25, 0.3) is 0 Å². The molecule has 15 heavy (non-hydrogen) atoms. The summed E-state index contributed by atoms with van der Waals surface area (Å²) in [7, 11) is 0. The first kappa shape index (κ1) is 13.8. The first-order valence-corrected chi connectivity index (χ1v) is 4.92. The molecule has 1 heterocycles. The van der Waals surface area contributed by atoms with Gasteiger partial charge < -0.3 is 0 Å². The minimum absolute atomic E-state index is 0. The van der Waals surface area contributed by atoms with Crippen molar-refractivity contribution in [1.29, 1.82) is 0 Å². The van der Waals surface area contributed by atoms with Crippen molar-refractivity contribution < 1.29 is 4.79 Å². The molecule has 0 N–H and O–H groups in total. The number of rotatable bonds is 3. The van der Waals surface area contributed by atoms with E-state index >= 15 is 0 Å². The van der Waals surface area contributed by atoms with Gasteiger partial charge in [0.25, 0.3) is 0 Å². The van der Waals surface area contributed by atoms with E-state index < -0.39 is 0 Å². The Morgan fingerprint density at radius 1 is 1.40 bits per heavy atom. The fraction of sp³-hybridized carbons (Fsp3) is 0.538. The maximum atomic E-state index is 11.6. The minimum Gasteiger partial charge on any atom is -0.299 e. The number of nitrogens with zero attached hydrogens (tertiary/aromatic N) is 1. The highest BCUT2D eigenvalue weighted by Crippen LogP contribution is 2.17. The summed E-state index contributed by atoms with van der Waals surface area (Å²) in [6.45, 7) is 5.87. The third-order valence-electron chi connectivity index (χ3n) is 2.20. The number of hydrogen-bond donors (Lipinski definition) is 0. The molecule has 2 nitrogen and oxygen atoms in total. The fourth-order valence-electron chi connectivity index (χ4n) is 1.18. The van der Waals surface area contributed by atoms with E-state index in [9.17, 15) is 4.79 Å². The number of carbonyl (C=O) groups is 1. The van der Waals surface area contributed by atoms with Gasteiger partial charge in [0.1, 0.15) is 5.78 Å². The number of carbonyl (C=O) groups excluding carboxylic acids is 1. The van der Waals surface area contributed by atoms with Crippen molar-refractivity contribution in [2.45, 2.75) is 41.0 Å². The molecule has 84 valence electrons. The maximum Gasteiger partial charge on any atom is 0.138 e. The SMILES string of the molecule is C.CC(C)(C)C(=O)CCc1cccnc1. The highest BCUT2D eigenvalue weighted by atomic mass is 16.1. The molecule has 0 aromatic carbocycles. The number of aromatic nitrogens is 1. The van der Waals surface area contributed by atoms with E-state index in [4.69, 9.17) is 0 Å². The van der Waals surface area contributed by atoms with Gasteiger partial charge in [0.15, 0.2) is 0 Å². The summed E-state index contributed by atoms with van der Waals surface area (Å²) in [5.41, 5.74) is 0.910. The fourth-order valence-corrected chi connectivity index (χ4v) is 1.18. The second kappa shape index (κ2) is 5.64. The number of pyridine rings is 1. The van der Waals surface area contributed by atoms with Gasteiger partial charge in [0.05, 0.1) is 0 Å². The maximum absolute atomic E-state index is 11.6. The first-order chi connectivity index (χ1) is 6.50. The quantitative estimate of drug-likeness (QED) is 0.761. The van der Waals surface area contributed by atoms with Crippen LogP contribution >= 0.6 is 0 Å². The zero-order valence-electron chi connectivity index (χ0n) is 9.08. The van der Waals surface area contributed by atoms with Crippen LogP contribution in [0.5, 0.6) is 0 Å². The third kappa shape index (κ3) is 4.73. The lowest BCUT2D eigenvalue weighted by molar-refractivity contribution is -0.126. The summed E-state index contributed by atoms with van der Waals surface area (Å²) in [6.07, 6.45) is 4.96. The van der Waals surface area contributed by atoms with Crippen molar-refractivity contribution >= 4 is 5.78 Å². The largest absolute Gasteiger partial charge is 0.299 e. The second-order valence-electron chi connectivity index (χ2n) is 4.53. The average Bonchev–Trinajstić information content (AvgIpc) is 2.14. The molecular formula is C13H21NO. The molecular weight excluding hydrogens is 186 g/mol. The van der Waals surface area contributed by atoms with E-state index in [1.54, 1.807) is 6.20 Å². The van der Waals surface area contributed by atoms with Crippen molar-refractivity contribution in [1.82, 2.24) is 4.98 Å². The van der Waals surface area contributed by atoms with E-state index in [1.807, 2.05) is 39.1 Å². The molecule has 0 bridgehead atoms. The van der Waals surface area contributed by atoms with E-state index in [2.05, 4.69) is 4.98 Å². The summed E-state index contributed by atoms with van der Waals surface area (Å²) in [4.78, 5) is 15.6. The Hall–Kier alpha value is -1.18. The Labute approximate surface area is 92.7 Å². The first-order valence-electron chi connectivity index (χ1n) is 4.92. The third-order valence-corrected chi connectivity index (χ3v) is 2.20. The average molecular weight is 207 g/mol. The Kier molecular flexibility index (Phi) is 5.20. The van der Waals surface area contributed by atoms with Crippen LogP contribution in [-0.4, -0.2) is 10.8 Å². The summed E-state index contributed by atoms with van der Waals surface area (Å²) in [5, 5.41) is 0. The molecule has 0 aliphatic heterocycles. The van der Waals surface area contributed by atoms with E-state index in [-0.39, 0.29) is 12.8 Å². The van der Waals surface area contributed by atoms with E-state index in [0.29, 0.717) is 12.2 Å². The molecule has 0 aliphatic rings. The summed E-state index contributed by atoms with van der Waals surface area (Å²) >= 11 is 0. The van der Waals surface area contributed by atoms with Gasteiger partial charge in [-0.3, -0.25) is 9.78 Å². The molecule has 0 spiro atoms. The molecule has 1 aromatic heterocycles. The molecule has 0 saturated heterocycles. The zero-order chi connectivity index (χ0) is 10.6. The predicted molar refractivity (Wildman–Crippen MR) is 63.8 cm³/mol. The van der Waals surface area contributed by atoms with Crippen molar-refractivity contribution in [2.75, 3.05) is 0 Å².